The molecule has 2 aromatic rings. The number of aromatic hydroxyl groups is 1. The number of carbonyl (C=O) groups is 1. The highest BCUT2D eigenvalue weighted by molar-refractivity contribution is 5.95. The average molecular weight is 488 g/mol. The monoisotopic (exact) mass is 487 g/mol. The Kier molecular flexibility index (Phi) is 9.71. The summed E-state index contributed by atoms with van der Waals surface area (Å²) < 4.78 is 0. The molecule has 0 bridgehead atoms. The van der Waals surface area contributed by atoms with Crippen molar-refractivity contribution in [3.63, 3.8) is 0 Å². The minimum absolute atomic E-state index is 0. The van der Waals surface area contributed by atoms with Crippen LogP contribution < -0.4 is 5.73 Å². The van der Waals surface area contributed by atoms with Gasteiger partial charge in [0.1, 0.15) is 5.75 Å². The van der Waals surface area contributed by atoms with E-state index in [1.54, 1.807) is 12.3 Å². The van der Waals surface area contributed by atoms with Crippen LogP contribution >= 0.6 is 24.8 Å². The zero-order chi connectivity index (χ0) is 21.8. The van der Waals surface area contributed by atoms with Crippen molar-refractivity contribution in [3.8, 4) is 16.9 Å². The van der Waals surface area contributed by atoms with Gasteiger partial charge in [0.05, 0.1) is 11.3 Å². The summed E-state index contributed by atoms with van der Waals surface area (Å²) in [6, 6.07) is 17.8. The normalized spacial score (nSPS) is 13.7. The number of phenols is 1. The van der Waals surface area contributed by atoms with Crippen LogP contribution in [0.1, 0.15) is 52.9 Å². The van der Waals surface area contributed by atoms with E-state index in [1.165, 1.54) is 11.1 Å². The third-order valence-corrected chi connectivity index (χ3v) is 6.06. The van der Waals surface area contributed by atoms with Crippen molar-refractivity contribution in [1.82, 2.24) is 9.88 Å². The van der Waals surface area contributed by atoms with E-state index in [-0.39, 0.29) is 36.5 Å². The van der Waals surface area contributed by atoms with Gasteiger partial charge in [-0.1, -0.05) is 31.2 Å². The molecule has 0 unspecified atom stereocenters. The molecule has 0 saturated carbocycles. The Balaban J connectivity index is 0.000000412. The lowest BCUT2D eigenvalue weighted by Gasteiger charge is -2.32. The fraction of sp³-hybridized carbons (Fsp3) is 0.308. The fourth-order valence-electron chi connectivity index (χ4n) is 4.23. The van der Waals surface area contributed by atoms with Gasteiger partial charge in [-0.2, -0.15) is 0 Å². The summed E-state index contributed by atoms with van der Waals surface area (Å²) in [7, 11) is 0. The van der Waals surface area contributed by atoms with E-state index in [2.05, 4.69) is 35.3 Å². The SMILES string of the molecule is CCc1ncccc1C(=O)N1CCC(c2cc(O)cc(CN)c2)CC1.Cl.Cl.c1cc2cc-2c1. The highest BCUT2D eigenvalue weighted by Gasteiger charge is 2.26. The number of rotatable bonds is 4. The summed E-state index contributed by atoms with van der Waals surface area (Å²) in [5.41, 5.74) is 12.2. The highest BCUT2D eigenvalue weighted by Crippen LogP contribution is 2.33. The number of hydrogen-bond donors (Lipinski definition) is 2. The Morgan fingerprint density at radius 1 is 1.06 bits per heavy atom. The number of nitrogens with two attached hydrogens (primary N) is 1. The summed E-state index contributed by atoms with van der Waals surface area (Å²) in [4.78, 5) is 19.0. The molecule has 5 nitrogen and oxygen atoms in total. The first-order valence-electron chi connectivity index (χ1n) is 11.0. The van der Waals surface area contributed by atoms with Crippen LogP contribution in [-0.2, 0) is 13.0 Å². The minimum Gasteiger partial charge on any atom is -0.508 e. The molecule has 3 N–H and O–H groups in total. The van der Waals surface area contributed by atoms with Crippen LogP contribution in [0.15, 0.2) is 60.8 Å². The van der Waals surface area contributed by atoms with Crippen molar-refractivity contribution in [3.05, 3.63) is 83.2 Å². The van der Waals surface area contributed by atoms with E-state index < -0.39 is 0 Å². The highest BCUT2D eigenvalue weighted by atomic mass is 35.5. The van der Waals surface area contributed by atoms with E-state index in [0.29, 0.717) is 18.0 Å². The average Bonchev–Trinajstić information content (AvgIpc) is 3.42. The second kappa shape index (κ2) is 12.0. The Morgan fingerprint density at radius 3 is 2.30 bits per heavy atom. The molecule has 0 radical (unpaired) electrons. The maximum Gasteiger partial charge on any atom is 0.255 e. The molecule has 1 aliphatic heterocycles. The van der Waals surface area contributed by atoms with Crippen LogP contribution in [0.2, 0.25) is 0 Å². The Bertz CT molecular complexity index is 1070. The minimum atomic E-state index is 0. The van der Waals surface area contributed by atoms with Crippen LogP contribution in [0.4, 0.5) is 0 Å². The van der Waals surface area contributed by atoms with Crippen LogP contribution in [0.3, 0.4) is 0 Å². The second-order valence-electron chi connectivity index (χ2n) is 8.14. The van der Waals surface area contributed by atoms with Gasteiger partial charge in [-0.25, -0.2) is 0 Å². The summed E-state index contributed by atoms with van der Waals surface area (Å²) in [6.45, 7) is 3.87. The smallest absolute Gasteiger partial charge is 0.255 e. The van der Waals surface area contributed by atoms with Crippen LogP contribution in [-0.4, -0.2) is 34.0 Å². The van der Waals surface area contributed by atoms with Gasteiger partial charge in [0.15, 0.2) is 0 Å². The molecule has 0 spiro atoms. The molecule has 7 heteroatoms. The van der Waals surface area contributed by atoms with Crippen molar-refractivity contribution < 1.29 is 9.90 Å². The number of likely N-dealkylation sites (tertiary alicyclic amines) is 1. The number of benzene rings is 2. The third kappa shape index (κ3) is 6.47. The molecule has 1 amide bonds. The number of amides is 1. The number of halogens is 2. The predicted molar refractivity (Wildman–Crippen MR) is 137 cm³/mol. The molecule has 5 rings (SSSR count). The third-order valence-electron chi connectivity index (χ3n) is 6.06. The molecule has 2 heterocycles. The molecule has 1 aromatic heterocycles. The molecule has 33 heavy (non-hydrogen) atoms. The Morgan fingerprint density at radius 2 is 1.76 bits per heavy atom. The lowest BCUT2D eigenvalue weighted by Crippen LogP contribution is -2.38. The Labute approximate surface area is 207 Å². The lowest BCUT2D eigenvalue weighted by molar-refractivity contribution is 0.0711. The zero-order valence-electron chi connectivity index (χ0n) is 18.7. The molecule has 1 saturated heterocycles. The van der Waals surface area contributed by atoms with Gasteiger partial charge in [0.2, 0.25) is 0 Å². The number of phenolic OH excluding ortho intramolecular Hbond substituents is 1. The van der Waals surface area contributed by atoms with Crippen molar-refractivity contribution >= 4 is 30.7 Å². The molecule has 3 aliphatic rings. The van der Waals surface area contributed by atoms with Gasteiger partial charge in [0.25, 0.3) is 5.91 Å². The van der Waals surface area contributed by atoms with E-state index in [9.17, 15) is 9.90 Å². The number of aryl methyl sites for hydroxylation is 1. The number of fused-ring (bicyclic) bond motifs is 1. The summed E-state index contributed by atoms with van der Waals surface area (Å²) >= 11 is 0. The molecular formula is C26H31Cl2N3O2. The first-order chi connectivity index (χ1) is 15.1. The van der Waals surface area contributed by atoms with E-state index >= 15 is 0 Å². The van der Waals surface area contributed by atoms with Crippen LogP contribution in [0, 0.1) is 0 Å². The fourth-order valence-corrected chi connectivity index (χ4v) is 4.23. The van der Waals surface area contributed by atoms with Gasteiger partial charge in [-0.3, -0.25) is 9.78 Å². The van der Waals surface area contributed by atoms with E-state index in [0.717, 1.165) is 49.2 Å². The molecule has 176 valence electrons. The zero-order valence-corrected chi connectivity index (χ0v) is 20.4. The van der Waals surface area contributed by atoms with Gasteiger partial charge < -0.3 is 15.7 Å². The van der Waals surface area contributed by atoms with Crippen molar-refractivity contribution in [2.24, 2.45) is 5.73 Å². The molecule has 2 aliphatic carbocycles. The maximum atomic E-state index is 12.8. The largest absolute Gasteiger partial charge is 0.508 e. The topological polar surface area (TPSA) is 79.5 Å². The first-order valence-corrected chi connectivity index (χ1v) is 11.0. The van der Waals surface area contributed by atoms with Crippen molar-refractivity contribution in [2.45, 2.75) is 38.6 Å². The molecule has 1 fully saturated rings. The van der Waals surface area contributed by atoms with Gasteiger partial charge in [0, 0.05) is 25.8 Å². The van der Waals surface area contributed by atoms with Crippen LogP contribution in [0.5, 0.6) is 5.75 Å². The maximum absolute atomic E-state index is 12.8. The number of piperidine rings is 1. The van der Waals surface area contributed by atoms with Gasteiger partial charge in [-0.05, 0) is 77.8 Å². The van der Waals surface area contributed by atoms with Crippen molar-refractivity contribution in [1.29, 1.82) is 0 Å². The number of nitrogens with zero attached hydrogens (tertiary/aromatic N) is 2. The lowest BCUT2D eigenvalue weighted by atomic mass is 9.88. The molecule has 0 atom stereocenters. The second-order valence-corrected chi connectivity index (χ2v) is 8.14. The quantitative estimate of drug-likeness (QED) is 0.407. The van der Waals surface area contributed by atoms with E-state index in [4.69, 9.17) is 5.73 Å². The summed E-state index contributed by atoms with van der Waals surface area (Å²) in [5, 5.41) is 9.88. The van der Waals surface area contributed by atoms with Gasteiger partial charge in [-0.15, -0.1) is 24.8 Å². The number of hydrogen-bond acceptors (Lipinski definition) is 4. The number of pyridine rings is 1. The molecule has 1 aromatic carbocycles. The van der Waals surface area contributed by atoms with Crippen molar-refractivity contribution in [2.75, 3.05) is 13.1 Å². The summed E-state index contributed by atoms with van der Waals surface area (Å²) in [6.07, 6.45) is 4.27. The van der Waals surface area contributed by atoms with Gasteiger partial charge >= 0.3 is 0 Å². The Hall–Kier alpha value is -2.60. The van der Waals surface area contributed by atoms with Crippen LogP contribution in [0.25, 0.3) is 11.1 Å². The number of carbonyl (C=O) groups excluding carboxylic acids is 1. The standard InChI is InChI=1S/C20H25N3O2.C6H4.2ClH/c1-2-19-18(4-3-7-22-19)20(25)23-8-5-15(6-9-23)16-10-14(13-21)11-17(24)12-16;1-2-5-4-6(5)3-1;;/h3-4,7,10-12,15,24H,2,5-6,8-9,13,21H2,1H3;1-4H;2*1H. The number of aromatic nitrogens is 1. The molecular weight excluding hydrogens is 457 g/mol. The summed E-state index contributed by atoms with van der Waals surface area (Å²) in [5.74, 6) is 0.683. The first kappa shape index (κ1) is 26.7. The van der Waals surface area contributed by atoms with E-state index in [1.807, 2.05) is 30.0 Å². The predicted octanol–water partition coefficient (Wildman–Crippen LogP) is 5.34.